The number of H-pyrrole nitrogens is 1. The molecule has 8 heteroatoms. The van der Waals surface area contributed by atoms with Crippen molar-refractivity contribution in [3.63, 3.8) is 0 Å². The Morgan fingerprint density at radius 3 is 2.95 bits per heavy atom. The van der Waals surface area contributed by atoms with E-state index >= 15 is 0 Å². The van der Waals surface area contributed by atoms with Crippen molar-refractivity contribution in [1.82, 2.24) is 9.97 Å². The van der Waals surface area contributed by atoms with E-state index in [9.17, 15) is 9.18 Å². The number of halogens is 1. The van der Waals surface area contributed by atoms with Crippen LogP contribution < -0.4 is 16.2 Å². The number of nitrogens with zero attached hydrogens (tertiary/aromatic N) is 1. The second-order valence-corrected chi connectivity index (χ2v) is 5.35. The van der Waals surface area contributed by atoms with E-state index in [1.807, 2.05) is 0 Å². The number of thiocarbonyl (C=S) groups is 1. The Kier molecular flexibility index (Phi) is 4.26. The molecule has 3 N–H and O–H groups in total. The van der Waals surface area contributed by atoms with Gasteiger partial charge in [-0.15, -0.1) is 11.3 Å². The number of aromatic nitrogens is 2. The average Bonchev–Trinajstić information content (AvgIpc) is 2.81. The van der Waals surface area contributed by atoms with Gasteiger partial charge < -0.3 is 15.6 Å². The SMILES string of the molecule is C=C(Nc1c[nH]c(=O)c(F)c1)c1scnc1NC(C)=S. The molecule has 0 aromatic carbocycles. The Balaban J connectivity index is 2.19. The van der Waals surface area contributed by atoms with Gasteiger partial charge in [0, 0.05) is 12.3 Å². The summed E-state index contributed by atoms with van der Waals surface area (Å²) in [6.45, 7) is 5.62. The highest BCUT2D eigenvalue weighted by Crippen LogP contribution is 2.27. The minimum atomic E-state index is -0.861. The lowest BCUT2D eigenvalue weighted by molar-refractivity contribution is 0.609. The molecular weight excluding hydrogens is 299 g/mol. The van der Waals surface area contributed by atoms with Crippen LogP contribution in [0.1, 0.15) is 11.8 Å². The summed E-state index contributed by atoms with van der Waals surface area (Å²) >= 11 is 6.33. The van der Waals surface area contributed by atoms with Gasteiger partial charge in [0.05, 0.1) is 26.8 Å². The molecule has 104 valence electrons. The van der Waals surface area contributed by atoms with Crippen molar-refractivity contribution in [3.8, 4) is 0 Å². The molecule has 2 rings (SSSR count). The molecule has 0 unspecified atom stereocenters. The normalized spacial score (nSPS) is 10.1. The second-order valence-electron chi connectivity index (χ2n) is 3.88. The second kappa shape index (κ2) is 5.93. The first-order valence-electron chi connectivity index (χ1n) is 5.53. The van der Waals surface area contributed by atoms with Crippen LogP contribution in [-0.4, -0.2) is 15.0 Å². The number of hydrogen-bond donors (Lipinski definition) is 3. The highest BCUT2D eigenvalue weighted by molar-refractivity contribution is 7.80. The van der Waals surface area contributed by atoms with Crippen LogP contribution in [0.2, 0.25) is 0 Å². The van der Waals surface area contributed by atoms with Crippen LogP contribution in [0.4, 0.5) is 15.9 Å². The van der Waals surface area contributed by atoms with E-state index in [2.05, 4.69) is 27.2 Å². The smallest absolute Gasteiger partial charge is 0.284 e. The molecule has 2 heterocycles. The molecule has 0 fully saturated rings. The van der Waals surface area contributed by atoms with Crippen molar-refractivity contribution in [2.45, 2.75) is 6.92 Å². The van der Waals surface area contributed by atoms with Gasteiger partial charge in [-0.1, -0.05) is 18.8 Å². The first-order chi connectivity index (χ1) is 9.47. The minimum Gasteiger partial charge on any atom is -0.353 e. The number of thiazole rings is 1. The number of anilines is 2. The number of rotatable bonds is 4. The van der Waals surface area contributed by atoms with Crippen LogP contribution in [0.5, 0.6) is 0 Å². The van der Waals surface area contributed by atoms with Gasteiger partial charge in [-0.2, -0.15) is 0 Å². The van der Waals surface area contributed by atoms with Gasteiger partial charge in [-0.3, -0.25) is 4.79 Å². The Labute approximate surface area is 123 Å². The lowest BCUT2D eigenvalue weighted by Gasteiger charge is -2.10. The van der Waals surface area contributed by atoms with E-state index in [4.69, 9.17) is 12.2 Å². The predicted octanol–water partition coefficient (Wildman–Crippen LogP) is 2.81. The van der Waals surface area contributed by atoms with Gasteiger partial charge in [0.2, 0.25) is 0 Å². The first-order valence-corrected chi connectivity index (χ1v) is 6.82. The molecule has 0 saturated heterocycles. The summed E-state index contributed by atoms with van der Waals surface area (Å²) in [5.74, 6) is -0.273. The molecular formula is C12H11FN4OS2. The summed E-state index contributed by atoms with van der Waals surface area (Å²) in [6.07, 6.45) is 1.37. The Morgan fingerprint density at radius 2 is 2.30 bits per heavy atom. The van der Waals surface area contributed by atoms with Crippen LogP contribution in [0.3, 0.4) is 0 Å². The molecule has 0 radical (unpaired) electrons. The summed E-state index contributed by atoms with van der Waals surface area (Å²) in [5.41, 5.74) is 1.80. The lowest BCUT2D eigenvalue weighted by Crippen LogP contribution is -2.11. The van der Waals surface area contributed by atoms with Crippen molar-refractivity contribution in [2.24, 2.45) is 0 Å². The minimum absolute atomic E-state index is 0.394. The van der Waals surface area contributed by atoms with E-state index in [-0.39, 0.29) is 0 Å². The third-order valence-corrected chi connectivity index (χ3v) is 3.28. The van der Waals surface area contributed by atoms with Crippen LogP contribution in [0, 0.1) is 5.82 Å². The van der Waals surface area contributed by atoms with Crippen molar-refractivity contribution in [2.75, 3.05) is 10.6 Å². The molecule has 0 aliphatic carbocycles. The number of pyridine rings is 1. The quantitative estimate of drug-likeness (QED) is 0.758. The van der Waals surface area contributed by atoms with Gasteiger partial charge >= 0.3 is 0 Å². The van der Waals surface area contributed by atoms with Gasteiger partial charge in [0.25, 0.3) is 5.56 Å². The number of nitrogens with one attached hydrogen (secondary N) is 3. The van der Waals surface area contributed by atoms with Crippen molar-refractivity contribution in [1.29, 1.82) is 0 Å². The monoisotopic (exact) mass is 310 g/mol. The fraction of sp³-hybridized carbons (Fsp3) is 0.0833. The summed E-state index contributed by atoms with van der Waals surface area (Å²) in [7, 11) is 0. The zero-order valence-corrected chi connectivity index (χ0v) is 12.1. The maximum Gasteiger partial charge on any atom is 0.284 e. The first kappa shape index (κ1) is 14.4. The maximum absolute atomic E-state index is 13.2. The highest BCUT2D eigenvalue weighted by Gasteiger charge is 2.11. The fourth-order valence-electron chi connectivity index (χ4n) is 1.48. The van der Waals surface area contributed by atoms with Crippen molar-refractivity contribution >= 4 is 45.7 Å². The third kappa shape index (κ3) is 3.28. The number of aromatic amines is 1. The van der Waals surface area contributed by atoms with E-state index in [1.165, 1.54) is 17.5 Å². The maximum atomic E-state index is 13.2. The van der Waals surface area contributed by atoms with Gasteiger partial charge in [-0.05, 0) is 6.92 Å². The largest absolute Gasteiger partial charge is 0.353 e. The summed E-state index contributed by atoms with van der Waals surface area (Å²) < 4.78 is 13.2. The molecule has 20 heavy (non-hydrogen) atoms. The van der Waals surface area contributed by atoms with Crippen LogP contribution in [-0.2, 0) is 0 Å². The zero-order chi connectivity index (χ0) is 14.7. The standard InChI is InChI=1S/C12H11FN4OS2/c1-6(10-11(15-5-20-10)17-7(2)19)16-8-3-9(13)12(18)14-4-8/h3-5,16H,1H2,2H3,(H,14,18)(H,17,19). The van der Waals surface area contributed by atoms with Crippen molar-refractivity contribution in [3.05, 3.63) is 45.4 Å². The van der Waals surface area contributed by atoms with E-state index in [0.29, 0.717) is 22.2 Å². The molecule has 0 aliphatic heterocycles. The molecule has 2 aromatic rings. The van der Waals surface area contributed by atoms with Crippen LogP contribution >= 0.6 is 23.6 Å². The lowest BCUT2D eigenvalue weighted by atomic mass is 10.3. The van der Waals surface area contributed by atoms with Crippen LogP contribution in [0.15, 0.2) is 29.1 Å². The molecule has 0 amide bonds. The Bertz CT molecular complexity index is 722. The molecule has 0 bridgehead atoms. The topological polar surface area (TPSA) is 69.8 Å². The summed E-state index contributed by atoms with van der Waals surface area (Å²) in [5, 5.41) is 5.85. The van der Waals surface area contributed by atoms with Crippen LogP contribution in [0.25, 0.3) is 5.70 Å². The number of hydrogen-bond acceptors (Lipinski definition) is 5. The van der Waals surface area contributed by atoms with E-state index in [1.54, 1.807) is 12.4 Å². The molecule has 0 atom stereocenters. The Hall–Kier alpha value is -2.06. The zero-order valence-electron chi connectivity index (χ0n) is 10.5. The van der Waals surface area contributed by atoms with Gasteiger partial charge in [0.1, 0.15) is 0 Å². The molecule has 2 aromatic heterocycles. The molecule has 0 spiro atoms. The molecule has 5 nitrogen and oxygen atoms in total. The molecule has 0 aliphatic rings. The third-order valence-electron chi connectivity index (χ3n) is 2.29. The average molecular weight is 310 g/mol. The fourth-order valence-corrected chi connectivity index (χ4v) is 2.24. The highest BCUT2D eigenvalue weighted by atomic mass is 32.1. The molecule has 0 saturated carbocycles. The van der Waals surface area contributed by atoms with E-state index < -0.39 is 11.4 Å². The van der Waals surface area contributed by atoms with Crippen molar-refractivity contribution < 1.29 is 4.39 Å². The summed E-state index contributed by atoms with van der Waals surface area (Å²) in [4.78, 5) is 18.7. The Morgan fingerprint density at radius 1 is 1.55 bits per heavy atom. The van der Waals surface area contributed by atoms with Gasteiger partial charge in [-0.25, -0.2) is 9.37 Å². The summed E-state index contributed by atoms with van der Waals surface area (Å²) in [6, 6.07) is 1.10. The predicted molar refractivity (Wildman–Crippen MR) is 83.7 cm³/mol. The van der Waals surface area contributed by atoms with Gasteiger partial charge in [0.15, 0.2) is 11.6 Å². The van der Waals surface area contributed by atoms with E-state index in [0.717, 1.165) is 10.9 Å².